The van der Waals surface area contributed by atoms with Gasteiger partial charge in [0.1, 0.15) is 6.54 Å². The highest BCUT2D eigenvalue weighted by molar-refractivity contribution is 5.66. The summed E-state index contributed by atoms with van der Waals surface area (Å²) in [4.78, 5) is 34.5. The molecule has 1 aromatic carbocycles. The average molecular weight is 293 g/mol. The molecule has 0 aliphatic rings. The summed E-state index contributed by atoms with van der Waals surface area (Å²) in [5.41, 5.74) is -0.0264. The van der Waals surface area contributed by atoms with Crippen LogP contribution in [0.5, 0.6) is 5.88 Å². The molecular formula is C12H11N3O6. The summed E-state index contributed by atoms with van der Waals surface area (Å²) in [5.74, 6) is -1.71. The Labute approximate surface area is 117 Å². The molecular weight excluding hydrogens is 282 g/mol. The SMILES string of the molecule is O=C(O)Cn1c(O)c(Cc2ccc([N+](=O)[O-])cc2)[nH]c1=O. The van der Waals surface area contributed by atoms with Crippen molar-refractivity contribution in [3.63, 3.8) is 0 Å². The average Bonchev–Trinajstić information content (AvgIpc) is 2.67. The minimum Gasteiger partial charge on any atom is -0.493 e. The van der Waals surface area contributed by atoms with E-state index >= 15 is 0 Å². The first kappa shape index (κ1) is 14.3. The lowest BCUT2D eigenvalue weighted by Crippen LogP contribution is -2.21. The third kappa shape index (κ3) is 3.08. The Kier molecular flexibility index (Phi) is 3.74. The number of carboxylic acid groups (broad SMARTS) is 1. The summed E-state index contributed by atoms with van der Waals surface area (Å²) in [6.07, 6.45) is 0.117. The normalized spacial score (nSPS) is 10.5. The molecule has 0 amide bonds. The van der Waals surface area contributed by atoms with Crippen molar-refractivity contribution in [2.45, 2.75) is 13.0 Å². The first-order valence-electron chi connectivity index (χ1n) is 5.84. The van der Waals surface area contributed by atoms with Crippen molar-refractivity contribution < 1.29 is 19.9 Å². The molecule has 1 heterocycles. The van der Waals surface area contributed by atoms with Gasteiger partial charge in [-0.15, -0.1) is 0 Å². The summed E-state index contributed by atoms with van der Waals surface area (Å²) < 4.78 is 0.697. The minimum absolute atomic E-state index is 0.0695. The zero-order valence-corrected chi connectivity index (χ0v) is 10.6. The molecule has 0 fully saturated rings. The minimum atomic E-state index is -1.26. The molecule has 0 aliphatic carbocycles. The van der Waals surface area contributed by atoms with Crippen molar-refractivity contribution in [1.29, 1.82) is 0 Å². The van der Waals surface area contributed by atoms with Gasteiger partial charge in [-0.1, -0.05) is 12.1 Å². The van der Waals surface area contributed by atoms with E-state index < -0.39 is 29.0 Å². The lowest BCUT2D eigenvalue weighted by atomic mass is 10.1. The van der Waals surface area contributed by atoms with Gasteiger partial charge in [0.05, 0.1) is 10.6 Å². The van der Waals surface area contributed by atoms with Crippen molar-refractivity contribution in [2.75, 3.05) is 0 Å². The number of H-pyrrole nitrogens is 1. The third-order valence-corrected chi connectivity index (χ3v) is 2.85. The van der Waals surface area contributed by atoms with Crippen LogP contribution in [0.25, 0.3) is 0 Å². The number of nitro groups is 1. The Balaban J connectivity index is 2.25. The number of non-ortho nitro benzene ring substituents is 1. The fourth-order valence-electron chi connectivity index (χ4n) is 1.86. The van der Waals surface area contributed by atoms with Gasteiger partial charge in [0.25, 0.3) is 5.69 Å². The quantitative estimate of drug-likeness (QED) is 0.541. The maximum Gasteiger partial charge on any atom is 0.329 e. The molecule has 0 unspecified atom stereocenters. The molecule has 0 bridgehead atoms. The first-order chi connectivity index (χ1) is 9.88. The van der Waals surface area contributed by atoms with Gasteiger partial charge >= 0.3 is 11.7 Å². The summed E-state index contributed by atoms with van der Waals surface area (Å²) >= 11 is 0. The maximum atomic E-state index is 11.5. The molecule has 110 valence electrons. The number of rotatable bonds is 5. The van der Waals surface area contributed by atoms with E-state index in [-0.39, 0.29) is 17.8 Å². The molecule has 1 aromatic heterocycles. The van der Waals surface area contributed by atoms with Crippen LogP contribution in [0.1, 0.15) is 11.3 Å². The van der Waals surface area contributed by atoms with Gasteiger partial charge < -0.3 is 15.2 Å². The molecule has 0 saturated carbocycles. The second-order valence-corrected chi connectivity index (χ2v) is 4.31. The molecule has 2 aromatic rings. The van der Waals surface area contributed by atoms with E-state index in [9.17, 15) is 24.8 Å². The Morgan fingerprint density at radius 2 is 1.95 bits per heavy atom. The van der Waals surface area contributed by atoms with E-state index in [1.54, 1.807) is 0 Å². The molecule has 0 atom stereocenters. The van der Waals surface area contributed by atoms with E-state index in [0.29, 0.717) is 10.1 Å². The van der Waals surface area contributed by atoms with Gasteiger partial charge in [0, 0.05) is 18.6 Å². The Bertz CT molecular complexity index is 743. The number of nitrogens with zero attached hydrogens (tertiary/aromatic N) is 2. The number of nitrogens with one attached hydrogen (secondary N) is 1. The molecule has 0 aliphatic heterocycles. The number of carbonyl (C=O) groups is 1. The lowest BCUT2D eigenvalue weighted by molar-refractivity contribution is -0.384. The fraction of sp³-hybridized carbons (Fsp3) is 0.167. The topological polar surface area (TPSA) is 138 Å². The van der Waals surface area contributed by atoms with E-state index in [4.69, 9.17) is 5.11 Å². The lowest BCUT2D eigenvalue weighted by Gasteiger charge is -2.01. The van der Waals surface area contributed by atoms with Gasteiger partial charge in [-0.05, 0) is 5.56 Å². The van der Waals surface area contributed by atoms with Gasteiger partial charge in [0.2, 0.25) is 5.88 Å². The monoisotopic (exact) mass is 293 g/mol. The van der Waals surface area contributed by atoms with Crippen LogP contribution >= 0.6 is 0 Å². The second kappa shape index (κ2) is 5.49. The van der Waals surface area contributed by atoms with Crippen LogP contribution in [0, 0.1) is 10.1 Å². The van der Waals surface area contributed by atoms with Gasteiger partial charge in [0.15, 0.2) is 0 Å². The third-order valence-electron chi connectivity index (χ3n) is 2.85. The van der Waals surface area contributed by atoms with Crippen LogP contribution in [-0.2, 0) is 17.8 Å². The van der Waals surface area contributed by atoms with Gasteiger partial charge in [-0.2, -0.15) is 0 Å². The molecule has 0 radical (unpaired) electrons. The number of nitro benzene ring substituents is 1. The zero-order chi connectivity index (χ0) is 15.6. The highest BCUT2D eigenvalue weighted by Gasteiger charge is 2.15. The summed E-state index contributed by atoms with van der Waals surface area (Å²) in [6, 6.07) is 5.59. The number of aromatic amines is 1. The number of carboxylic acids is 1. The summed E-state index contributed by atoms with van der Waals surface area (Å²) in [7, 11) is 0. The molecule has 21 heavy (non-hydrogen) atoms. The van der Waals surface area contributed by atoms with Gasteiger partial charge in [-0.25, -0.2) is 4.79 Å². The highest BCUT2D eigenvalue weighted by atomic mass is 16.6. The van der Waals surface area contributed by atoms with Crippen LogP contribution in [-0.4, -0.2) is 30.7 Å². The smallest absolute Gasteiger partial charge is 0.329 e. The maximum absolute atomic E-state index is 11.5. The van der Waals surface area contributed by atoms with Crippen molar-refractivity contribution in [1.82, 2.24) is 9.55 Å². The number of aromatic hydroxyl groups is 1. The number of aromatic nitrogens is 2. The molecule has 0 saturated heterocycles. The Hall–Kier alpha value is -3.10. The standard InChI is InChI=1S/C12H11N3O6/c16-10(17)6-14-11(18)9(13-12(14)19)5-7-1-3-8(4-2-7)15(20)21/h1-4,18H,5-6H2,(H,13,19)(H,16,17). The van der Waals surface area contributed by atoms with Crippen molar-refractivity contribution in [3.8, 4) is 5.88 Å². The van der Waals surface area contributed by atoms with Crippen LogP contribution in [0.2, 0.25) is 0 Å². The van der Waals surface area contributed by atoms with E-state index in [0.717, 1.165) is 0 Å². The predicted molar refractivity (Wildman–Crippen MR) is 70.3 cm³/mol. The van der Waals surface area contributed by atoms with Crippen LogP contribution in [0.3, 0.4) is 0 Å². The van der Waals surface area contributed by atoms with Crippen LogP contribution in [0.4, 0.5) is 5.69 Å². The van der Waals surface area contributed by atoms with Crippen molar-refractivity contribution >= 4 is 11.7 Å². The number of benzene rings is 1. The molecule has 9 nitrogen and oxygen atoms in total. The van der Waals surface area contributed by atoms with Gasteiger partial charge in [-0.3, -0.25) is 19.5 Å². The fourth-order valence-corrected chi connectivity index (χ4v) is 1.86. The van der Waals surface area contributed by atoms with E-state index in [1.807, 2.05) is 0 Å². The second-order valence-electron chi connectivity index (χ2n) is 4.31. The largest absolute Gasteiger partial charge is 0.493 e. The summed E-state index contributed by atoms with van der Waals surface area (Å²) in [5, 5.41) is 29.0. The molecule has 0 spiro atoms. The van der Waals surface area contributed by atoms with E-state index in [1.165, 1.54) is 24.3 Å². The van der Waals surface area contributed by atoms with Crippen LogP contribution in [0.15, 0.2) is 29.1 Å². The molecule has 2 rings (SSSR count). The summed E-state index contributed by atoms with van der Waals surface area (Å²) in [6.45, 7) is -0.651. The number of hydrogen-bond acceptors (Lipinski definition) is 5. The molecule has 3 N–H and O–H groups in total. The Morgan fingerprint density at radius 3 is 2.48 bits per heavy atom. The van der Waals surface area contributed by atoms with Crippen LogP contribution < -0.4 is 5.69 Å². The highest BCUT2D eigenvalue weighted by Crippen LogP contribution is 2.19. The number of imidazole rings is 1. The molecule has 9 heteroatoms. The van der Waals surface area contributed by atoms with E-state index in [2.05, 4.69) is 4.98 Å². The van der Waals surface area contributed by atoms with Crippen molar-refractivity contribution in [2.24, 2.45) is 0 Å². The predicted octanol–water partition coefficient (Wildman–Crippen LogP) is 0.466. The first-order valence-corrected chi connectivity index (χ1v) is 5.84. The number of hydrogen-bond donors (Lipinski definition) is 3. The van der Waals surface area contributed by atoms with Crippen molar-refractivity contribution in [3.05, 3.63) is 56.1 Å². The number of aliphatic carboxylic acids is 1. The Morgan fingerprint density at radius 1 is 1.33 bits per heavy atom. The zero-order valence-electron chi connectivity index (χ0n) is 10.6.